The summed E-state index contributed by atoms with van der Waals surface area (Å²) in [5, 5.41) is 13.1. The average molecular weight is 367 g/mol. The maximum absolute atomic E-state index is 11.1. The van der Waals surface area contributed by atoms with E-state index in [4.69, 9.17) is 4.42 Å². The minimum atomic E-state index is -0.546. The molecular weight excluding hydrogens is 348 g/mol. The van der Waals surface area contributed by atoms with Gasteiger partial charge in [0.1, 0.15) is 0 Å². The van der Waals surface area contributed by atoms with Crippen molar-refractivity contribution in [2.75, 3.05) is 18.4 Å². The number of hydrogen-bond acceptors (Lipinski definition) is 5. The summed E-state index contributed by atoms with van der Waals surface area (Å²) in [6.45, 7) is 4.37. The van der Waals surface area contributed by atoms with E-state index in [2.05, 4.69) is 43.7 Å². The van der Waals surface area contributed by atoms with Gasteiger partial charge < -0.3 is 15.1 Å². The number of halogens is 1. The van der Waals surface area contributed by atoms with E-state index in [1.165, 1.54) is 12.8 Å². The molecule has 22 heavy (non-hydrogen) atoms. The van der Waals surface area contributed by atoms with Crippen molar-refractivity contribution in [3.05, 3.63) is 33.2 Å². The summed E-state index contributed by atoms with van der Waals surface area (Å²) < 4.78 is 5.99. The van der Waals surface area contributed by atoms with Crippen molar-refractivity contribution in [2.24, 2.45) is 5.92 Å². The highest BCUT2D eigenvalue weighted by Gasteiger charge is 2.20. The van der Waals surface area contributed by atoms with Crippen LogP contribution in [0, 0.1) is 5.92 Å². The largest absolute Gasteiger partial charge is 0.434 e. The first-order valence-corrected chi connectivity index (χ1v) is 8.25. The molecule has 118 valence electrons. The van der Waals surface area contributed by atoms with Crippen LogP contribution < -0.4 is 16.4 Å². The van der Waals surface area contributed by atoms with Crippen molar-refractivity contribution >= 4 is 21.6 Å². The summed E-state index contributed by atoms with van der Waals surface area (Å²) in [6.07, 6.45) is 2.36. The van der Waals surface area contributed by atoms with E-state index < -0.39 is 5.76 Å². The maximum Gasteiger partial charge on any atom is 0.434 e. The van der Waals surface area contributed by atoms with Crippen LogP contribution in [0.5, 0.6) is 0 Å². The number of nitrogens with zero attached hydrogens (tertiary/aromatic N) is 1. The van der Waals surface area contributed by atoms with E-state index in [0.29, 0.717) is 17.9 Å². The molecule has 1 aliphatic heterocycles. The molecule has 2 heterocycles. The lowest BCUT2D eigenvalue weighted by molar-refractivity contribution is 0.343. The van der Waals surface area contributed by atoms with Crippen LogP contribution >= 0.6 is 15.9 Å². The lowest BCUT2D eigenvalue weighted by Crippen LogP contribution is -2.36. The second kappa shape index (κ2) is 6.66. The van der Waals surface area contributed by atoms with E-state index in [9.17, 15) is 4.79 Å². The predicted molar refractivity (Wildman–Crippen MR) is 88.9 cm³/mol. The van der Waals surface area contributed by atoms with Crippen molar-refractivity contribution in [2.45, 2.75) is 25.8 Å². The number of benzene rings is 1. The molecule has 1 atom stereocenters. The van der Waals surface area contributed by atoms with Crippen LogP contribution in [0.4, 0.5) is 5.69 Å². The molecule has 7 heteroatoms. The second-order valence-corrected chi connectivity index (χ2v) is 6.49. The van der Waals surface area contributed by atoms with Crippen LogP contribution in [0.25, 0.3) is 11.5 Å². The lowest BCUT2D eigenvalue weighted by atomic mass is 9.91. The van der Waals surface area contributed by atoms with Crippen molar-refractivity contribution < 1.29 is 4.42 Å². The van der Waals surface area contributed by atoms with Gasteiger partial charge in [0.25, 0.3) is 0 Å². The smallest absolute Gasteiger partial charge is 0.388 e. The monoisotopic (exact) mass is 366 g/mol. The molecule has 0 saturated carbocycles. The summed E-state index contributed by atoms with van der Waals surface area (Å²) in [7, 11) is 0. The zero-order valence-corrected chi connectivity index (χ0v) is 13.9. The first-order chi connectivity index (χ1) is 10.6. The summed E-state index contributed by atoms with van der Waals surface area (Å²) >= 11 is 3.57. The minimum absolute atomic E-state index is 0.301. The normalized spacial score (nSPS) is 17.4. The molecule has 3 rings (SSSR count). The van der Waals surface area contributed by atoms with Crippen LogP contribution in [-0.4, -0.2) is 29.3 Å². The second-order valence-electron chi connectivity index (χ2n) is 5.63. The number of hydrogen-bond donors (Lipinski definition) is 3. The quantitative estimate of drug-likeness (QED) is 0.774. The molecule has 1 aliphatic rings. The molecule has 1 aromatic carbocycles. The van der Waals surface area contributed by atoms with Gasteiger partial charge in [-0.15, -0.1) is 5.10 Å². The van der Waals surface area contributed by atoms with Gasteiger partial charge in [-0.05, 0) is 72.9 Å². The van der Waals surface area contributed by atoms with Crippen molar-refractivity contribution in [3.8, 4) is 11.5 Å². The summed E-state index contributed by atoms with van der Waals surface area (Å²) in [5.41, 5.74) is 1.75. The van der Waals surface area contributed by atoms with Gasteiger partial charge >= 0.3 is 5.76 Å². The van der Waals surface area contributed by atoms with Crippen LogP contribution in [-0.2, 0) is 0 Å². The zero-order valence-electron chi connectivity index (χ0n) is 12.4. The Morgan fingerprint density at radius 1 is 1.41 bits per heavy atom. The fraction of sp³-hybridized carbons (Fsp3) is 0.467. The molecule has 0 amide bonds. The van der Waals surface area contributed by atoms with Gasteiger partial charge in [0, 0.05) is 21.8 Å². The molecule has 6 nitrogen and oxygen atoms in total. The van der Waals surface area contributed by atoms with Crippen molar-refractivity contribution in [1.82, 2.24) is 15.5 Å². The van der Waals surface area contributed by atoms with Gasteiger partial charge in [-0.25, -0.2) is 9.89 Å². The molecular formula is C15H19BrN4O2. The Kier molecular flexibility index (Phi) is 4.63. The third-order valence-corrected chi connectivity index (χ3v) is 4.82. The fourth-order valence-electron chi connectivity index (χ4n) is 2.83. The molecule has 0 radical (unpaired) electrons. The Balaban J connectivity index is 1.79. The van der Waals surface area contributed by atoms with Crippen LogP contribution in [0.1, 0.15) is 19.8 Å². The maximum atomic E-state index is 11.1. The van der Waals surface area contributed by atoms with Crippen LogP contribution in [0.2, 0.25) is 0 Å². The summed E-state index contributed by atoms with van der Waals surface area (Å²) in [6, 6.07) is 6.12. The first kappa shape index (κ1) is 15.3. The van der Waals surface area contributed by atoms with Crippen LogP contribution in [0.15, 0.2) is 31.9 Å². The molecule has 1 saturated heterocycles. The summed E-state index contributed by atoms with van der Waals surface area (Å²) in [4.78, 5) is 11.1. The van der Waals surface area contributed by atoms with E-state index >= 15 is 0 Å². The standard InChI is InChI=1S/C15H19BrN4O2/c1-9(10-4-6-17-7-5-10)18-13-8-11(2-3-12(13)16)14-19-20-15(21)22-14/h2-3,8-10,17-18H,4-7H2,1H3,(H,20,21). The average Bonchev–Trinajstić information content (AvgIpc) is 2.97. The number of aromatic amines is 1. The third kappa shape index (κ3) is 3.41. The molecule has 0 bridgehead atoms. The Morgan fingerprint density at radius 3 is 2.86 bits per heavy atom. The highest BCUT2D eigenvalue weighted by atomic mass is 79.9. The number of aromatic nitrogens is 2. The number of rotatable bonds is 4. The lowest BCUT2D eigenvalue weighted by Gasteiger charge is -2.30. The predicted octanol–water partition coefficient (Wildman–Crippen LogP) is 2.59. The van der Waals surface area contributed by atoms with Gasteiger partial charge in [0.15, 0.2) is 0 Å². The van der Waals surface area contributed by atoms with Crippen molar-refractivity contribution in [3.63, 3.8) is 0 Å². The molecule has 2 aromatic rings. The van der Waals surface area contributed by atoms with Crippen LogP contribution in [0.3, 0.4) is 0 Å². The topological polar surface area (TPSA) is 83.0 Å². The number of anilines is 1. The van der Waals surface area contributed by atoms with Gasteiger partial charge in [0.05, 0.1) is 0 Å². The number of nitrogens with one attached hydrogen (secondary N) is 3. The molecule has 3 N–H and O–H groups in total. The number of H-pyrrole nitrogens is 1. The molecule has 1 unspecified atom stereocenters. The first-order valence-electron chi connectivity index (χ1n) is 7.46. The third-order valence-electron chi connectivity index (χ3n) is 4.13. The van der Waals surface area contributed by atoms with Gasteiger partial charge in [-0.2, -0.15) is 0 Å². The highest BCUT2D eigenvalue weighted by Crippen LogP contribution is 2.30. The number of piperidine rings is 1. The SMILES string of the molecule is CC(Nc1cc(-c2n[nH]c(=O)o2)ccc1Br)C1CCNCC1. The molecule has 0 aliphatic carbocycles. The minimum Gasteiger partial charge on any atom is -0.388 e. The molecule has 0 spiro atoms. The zero-order chi connectivity index (χ0) is 15.5. The Labute approximate surface area is 136 Å². The molecule has 1 fully saturated rings. The highest BCUT2D eigenvalue weighted by molar-refractivity contribution is 9.10. The van der Waals surface area contributed by atoms with Crippen molar-refractivity contribution in [1.29, 1.82) is 0 Å². The van der Waals surface area contributed by atoms with Gasteiger partial charge in [-0.1, -0.05) is 0 Å². The van der Waals surface area contributed by atoms with E-state index in [0.717, 1.165) is 28.8 Å². The fourth-order valence-corrected chi connectivity index (χ4v) is 3.19. The van der Waals surface area contributed by atoms with E-state index in [-0.39, 0.29) is 0 Å². The van der Waals surface area contributed by atoms with E-state index in [1.807, 2.05) is 18.2 Å². The Bertz CT molecular complexity index is 691. The molecule has 1 aromatic heterocycles. The Hall–Kier alpha value is -1.60. The Morgan fingerprint density at radius 2 is 2.18 bits per heavy atom. The van der Waals surface area contributed by atoms with Gasteiger partial charge in [-0.3, -0.25) is 0 Å². The van der Waals surface area contributed by atoms with E-state index in [1.54, 1.807) is 0 Å². The van der Waals surface area contributed by atoms with Gasteiger partial charge in [0.2, 0.25) is 5.89 Å². The summed E-state index contributed by atoms with van der Waals surface area (Å²) in [5.74, 6) is 0.408.